The average molecular weight is 342 g/mol. The summed E-state index contributed by atoms with van der Waals surface area (Å²) in [6.45, 7) is 7.91. The lowest BCUT2D eigenvalue weighted by Gasteiger charge is -2.24. The quantitative estimate of drug-likeness (QED) is 0.773. The Hall–Kier alpha value is -2.40. The molecule has 25 heavy (non-hydrogen) atoms. The summed E-state index contributed by atoms with van der Waals surface area (Å²) in [5, 5.41) is 8.01. The van der Waals surface area contributed by atoms with Crippen molar-refractivity contribution in [3.8, 4) is 0 Å². The van der Waals surface area contributed by atoms with Crippen LogP contribution in [0.15, 0.2) is 42.5 Å². The number of anilines is 1. The van der Waals surface area contributed by atoms with Crippen LogP contribution in [0.2, 0.25) is 0 Å². The van der Waals surface area contributed by atoms with Gasteiger partial charge in [-0.05, 0) is 39.1 Å². The van der Waals surface area contributed by atoms with Gasteiger partial charge < -0.3 is 15.5 Å². The van der Waals surface area contributed by atoms with Crippen molar-refractivity contribution in [2.75, 3.05) is 18.9 Å². The first-order chi connectivity index (χ1) is 11.7. The van der Waals surface area contributed by atoms with E-state index < -0.39 is 0 Å². The van der Waals surface area contributed by atoms with Crippen LogP contribution in [-0.4, -0.2) is 37.0 Å². The molecule has 134 valence electrons. The third-order valence-corrected chi connectivity index (χ3v) is 4.13. The van der Waals surface area contributed by atoms with E-state index in [1.807, 2.05) is 77.2 Å². The highest BCUT2D eigenvalue weighted by Crippen LogP contribution is 2.22. The number of benzene rings is 2. The summed E-state index contributed by atoms with van der Waals surface area (Å²) >= 11 is 0. The SMILES string of the molecule is C[C@@H](C(=O)Nc1cccc2ccccc12)[NH+](C)CC(=O)NC(C)(C)C. The van der Waals surface area contributed by atoms with Crippen LogP contribution >= 0.6 is 0 Å². The summed E-state index contributed by atoms with van der Waals surface area (Å²) in [5.41, 5.74) is 0.521. The minimum absolute atomic E-state index is 0.0604. The van der Waals surface area contributed by atoms with Gasteiger partial charge >= 0.3 is 0 Å². The van der Waals surface area contributed by atoms with Gasteiger partial charge in [-0.1, -0.05) is 36.4 Å². The average Bonchev–Trinajstić information content (AvgIpc) is 2.52. The molecule has 3 N–H and O–H groups in total. The summed E-state index contributed by atoms with van der Waals surface area (Å²) in [7, 11) is 1.86. The van der Waals surface area contributed by atoms with Gasteiger partial charge in [0.25, 0.3) is 11.8 Å². The fourth-order valence-electron chi connectivity index (χ4n) is 2.67. The van der Waals surface area contributed by atoms with Crippen LogP contribution in [0.3, 0.4) is 0 Å². The maximum atomic E-state index is 12.6. The second-order valence-corrected chi connectivity index (χ2v) is 7.56. The van der Waals surface area contributed by atoms with Gasteiger partial charge in [0, 0.05) is 16.6 Å². The number of carbonyl (C=O) groups is 2. The van der Waals surface area contributed by atoms with E-state index in [0.717, 1.165) is 21.4 Å². The second kappa shape index (κ2) is 7.66. The Labute approximate surface area is 149 Å². The molecule has 2 atom stereocenters. The molecule has 0 aliphatic heterocycles. The van der Waals surface area contributed by atoms with Gasteiger partial charge in [-0.15, -0.1) is 0 Å². The van der Waals surface area contributed by atoms with E-state index >= 15 is 0 Å². The van der Waals surface area contributed by atoms with Gasteiger partial charge in [-0.2, -0.15) is 0 Å². The molecule has 1 unspecified atom stereocenters. The number of amides is 2. The van der Waals surface area contributed by atoms with E-state index in [-0.39, 0.29) is 29.9 Å². The number of quaternary nitrogens is 1. The summed E-state index contributed by atoms with van der Waals surface area (Å²) in [6, 6.07) is 13.4. The monoisotopic (exact) mass is 342 g/mol. The standard InChI is InChI=1S/C20H27N3O2/c1-14(23(5)13-18(24)22-20(2,3)4)19(25)21-17-12-8-10-15-9-6-7-11-16(15)17/h6-12,14H,13H2,1-5H3,(H,21,25)(H,22,24)/p+1/t14-/m0/s1. The Morgan fingerprint density at radius 2 is 1.72 bits per heavy atom. The van der Waals surface area contributed by atoms with E-state index in [9.17, 15) is 9.59 Å². The summed E-state index contributed by atoms with van der Waals surface area (Å²) in [4.78, 5) is 25.5. The zero-order chi connectivity index (χ0) is 18.6. The van der Waals surface area contributed by atoms with Crippen LogP contribution in [0, 0.1) is 0 Å². The van der Waals surface area contributed by atoms with Gasteiger partial charge in [-0.3, -0.25) is 9.59 Å². The number of likely N-dealkylation sites (N-methyl/N-ethyl adjacent to an activating group) is 1. The highest BCUT2D eigenvalue weighted by atomic mass is 16.2. The van der Waals surface area contributed by atoms with Crippen LogP contribution in [-0.2, 0) is 9.59 Å². The molecular formula is C20H28N3O2+. The van der Waals surface area contributed by atoms with Crippen LogP contribution in [0.4, 0.5) is 5.69 Å². The van der Waals surface area contributed by atoms with Crippen molar-refractivity contribution >= 4 is 28.3 Å². The minimum Gasteiger partial charge on any atom is -0.347 e. The highest BCUT2D eigenvalue weighted by Gasteiger charge is 2.25. The topological polar surface area (TPSA) is 62.6 Å². The fraction of sp³-hybridized carbons (Fsp3) is 0.400. The lowest BCUT2D eigenvalue weighted by molar-refractivity contribution is -0.885. The molecule has 2 rings (SSSR count). The van der Waals surface area contributed by atoms with Gasteiger partial charge in [-0.25, -0.2) is 0 Å². The molecule has 2 amide bonds. The molecular weight excluding hydrogens is 314 g/mol. The molecule has 0 saturated heterocycles. The third kappa shape index (κ3) is 5.29. The normalized spacial score (nSPS) is 14.0. The van der Waals surface area contributed by atoms with Crippen molar-refractivity contribution in [3.05, 3.63) is 42.5 Å². The summed E-state index contributed by atoms with van der Waals surface area (Å²) < 4.78 is 0. The van der Waals surface area contributed by atoms with Crippen molar-refractivity contribution in [1.82, 2.24) is 5.32 Å². The van der Waals surface area contributed by atoms with Gasteiger partial charge in [0.2, 0.25) is 0 Å². The molecule has 0 bridgehead atoms. The molecule has 2 aromatic carbocycles. The van der Waals surface area contributed by atoms with E-state index in [0.29, 0.717) is 0 Å². The fourth-order valence-corrected chi connectivity index (χ4v) is 2.67. The predicted octanol–water partition coefficient (Wildman–Crippen LogP) is 1.60. The molecule has 0 aromatic heterocycles. The number of hydrogen-bond acceptors (Lipinski definition) is 2. The van der Waals surface area contributed by atoms with E-state index in [4.69, 9.17) is 0 Å². The molecule has 0 radical (unpaired) electrons. The Morgan fingerprint density at radius 3 is 2.40 bits per heavy atom. The Morgan fingerprint density at radius 1 is 1.08 bits per heavy atom. The molecule has 2 aromatic rings. The van der Waals surface area contributed by atoms with Crippen molar-refractivity contribution in [2.45, 2.75) is 39.3 Å². The van der Waals surface area contributed by atoms with E-state index in [2.05, 4.69) is 10.6 Å². The van der Waals surface area contributed by atoms with Crippen LogP contribution in [0.5, 0.6) is 0 Å². The maximum Gasteiger partial charge on any atom is 0.282 e. The molecule has 0 saturated carbocycles. The largest absolute Gasteiger partial charge is 0.347 e. The Kier molecular flexibility index (Phi) is 5.80. The van der Waals surface area contributed by atoms with Crippen LogP contribution in [0.1, 0.15) is 27.7 Å². The number of hydrogen-bond donors (Lipinski definition) is 3. The number of nitrogens with one attached hydrogen (secondary N) is 3. The van der Waals surface area contributed by atoms with Crippen molar-refractivity contribution in [2.24, 2.45) is 0 Å². The van der Waals surface area contributed by atoms with Gasteiger partial charge in [0.05, 0.1) is 7.05 Å². The minimum atomic E-state index is -0.343. The third-order valence-electron chi connectivity index (χ3n) is 4.13. The Balaban J connectivity index is 2.03. The summed E-state index contributed by atoms with van der Waals surface area (Å²) in [6.07, 6.45) is 0. The van der Waals surface area contributed by atoms with Gasteiger partial charge in [0.1, 0.15) is 0 Å². The first kappa shape index (κ1) is 18.9. The molecule has 0 fully saturated rings. The number of rotatable bonds is 5. The van der Waals surface area contributed by atoms with Crippen molar-refractivity contribution < 1.29 is 14.5 Å². The predicted molar refractivity (Wildman–Crippen MR) is 102 cm³/mol. The first-order valence-electron chi connectivity index (χ1n) is 8.59. The van der Waals surface area contributed by atoms with Crippen LogP contribution in [0.25, 0.3) is 10.8 Å². The maximum absolute atomic E-state index is 12.6. The molecule has 0 aliphatic carbocycles. The first-order valence-corrected chi connectivity index (χ1v) is 8.59. The zero-order valence-corrected chi connectivity index (χ0v) is 15.6. The Bertz CT molecular complexity index is 760. The van der Waals surface area contributed by atoms with Crippen molar-refractivity contribution in [3.63, 3.8) is 0 Å². The number of carbonyl (C=O) groups excluding carboxylic acids is 2. The number of fused-ring (bicyclic) bond motifs is 1. The molecule has 0 heterocycles. The van der Waals surface area contributed by atoms with E-state index in [1.54, 1.807) is 0 Å². The smallest absolute Gasteiger partial charge is 0.282 e. The van der Waals surface area contributed by atoms with Crippen LogP contribution < -0.4 is 15.5 Å². The van der Waals surface area contributed by atoms with E-state index in [1.165, 1.54) is 0 Å². The molecule has 0 spiro atoms. The molecule has 5 heteroatoms. The highest BCUT2D eigenvalue weighted by molar-refractivity contribution is 6.03. The zero-order valence-electron chi connectivity index (χ0n) is 15.6. The molecule has 0 aliphatic rings. The molecule has 5 nitrogen and oxygen atoms in total. The summed E-state index contributed by atoms with van der Waals surface area (Å²) in [5.74, 6) is -0.160. The van der Waals surface area contributed by atoms with Crippen molar-refractivity contribution in [1.29, 1.82) is 0 Å². The van der Waals surface area contributed by atoms with Gasteiger partial charge in [0.15, 0.2) is 12.6 Å². The second-order valence-electron chi connectivity index (χ2n) is 7.56. The lowest BCUT2D eigenvalue weighted by Crippen LogP contribution is -3.15. The lowest BCUT2D eigenvalue weighted by atomic mass is 10.1.